The molecule has 0 spiro atoms. The number of carboxylic acid groups (broad SMARTS) is 1. The van der Waals surface area contributed by atoms with Gasteiger partial charge in [-0.15, -0.1) is 11.3 Å². The first-order valence-corrected chi connectivity index (χ1v) is 6.95. The van der Waals surface area contributed by atoms with Gasteiger partial charge in [-0.2, -0.15) is 0 Å². The summed E-state index contributed by atoms with van der Waals surface area (Å²) in [7, 11) is 0. The average Bonchev–Trinajstić information content (AvgIpc) is 2.72. The molecule has 6 heteroatoms. The van der Waals surface area contributed by atoms with Gasteiger partial charge in [0, 0.05) is 21.5 Å². The largest absolute Gasteiger partial charge is 0.487 e. The Labute approximate surface area is 124 Å². The summed E-state index contributed by atoms with van der Waals surface area (Å²) in [4.78, 5) is 12.1. The molecule has 2 aromatic rings. The predicted molar refractivity (Wildman–Crippen MR) is 76.8 cm³/mol. The number of rotatable bonds is 4. The fourth-order valence-corrected chi connectivity index (χ4v) is 2.71. The quantitative estimate of drug-likeness (QED) is 0.893. The van der Waals surface area contributed by atoms with Crippen molar-refractivity contribution in [3.63, 3.8) is 0 Å². The maximum Gasteiger partial charge on any atom is 0.345 e. The monoisotopic (exact) mass is 316 g/mol. The van der Waals surface area contributed by atoms with Crippen molar-refractivity contribution in [2.45, 2.75) is 13.5 Å². The molecule has 0 fully saturated rings. The normalized spacial score (nSPS) is 10.5. The zero-order valence-corrected chi connectivity index (χ0v) is 12.3. The van der Waals surface area contributed by atoms with Crippen LogP contribution in [0.25, 0.3) is 0 Å². The number of halogens is 2. The highest BCUT2D eigenvalue weighted by atomic mass is 35.5. The van der Waals surface area contributed by atoms with Crippen molar-refractivity contribution in [1.29, 1.82) is 0 Å². The molecule has 3 nitrogen and oxygen atoms in total. The number of aryl methyl sites for hydroxylation is 1. The molecule has 0 aliphatic carbocycles. The second-order valence-electron chi connectivity index (χ2n) is 3.86. The van der Waals surface area contributed by atoms with Crippen LogP contribution in [0.2, 0.25) is 10.0 Å². The van der Waals surface area contributed by atoms with Crippen LogP contribution in [-0.4, -0.2) is 11.1 Å². The summed E-state index contributed by atoms with van der Waals surface area (Å²) < 4.78 is 5.57. The van der Waals surface area contributed by atoms with E-state index in [0.29, 0.717) is 20.7 Å². The van der Waals surface area contributed by atoms with Crippen molar-refractivity contribution in [3.8, 4) is 5.75 Å². The first-order valence-electron chi connectivity index (χ1n) is 5.38. The van der Waals surface area contributed by atoms with Crippen LogP contribution in [0.15, 0.2) is 24.3 Å². The van der Waals surface area contributed by atoms with Crippen molar-refractivity contribution in [1.82, 2.24) is 0 Å². The molecule has 19 heavy (non-hydrogen) atoms. The highest BCUT2D eigenvalue weighted by Crippen LogP contribution is 2.29. The minimum atomic E-state index is -0.930. The molecule has 0 amide bonds. The summed E-state index contributed by atoms with van der Waals surface area (Å²) in [5, 5.41) is 9.92. The summed E-state index contributed by atoms with van der Waals surface area (Å²) in [5.74, 6) is -0.447. The van der Waals surface area contributed by atoms with E-state index in [9.17, 15) is 4.79 Å². The van der Waals surface area contributed by atoms with E-state index in [4.69, 9.17) is 33.0 Å². The topological polar surface area (TPSA) is 46.5 Å². The SMILES string of the molecule is Cc1sc(C(=O)O)cc1COc1cc(Cl)ccc1Cl. The van der Waals surface area contributed by atoms with Gasteiger partial charge in [0.05, 0.1) is 5.02 Å². The lowest BCUT2D eigenvalue weighted by Gasteiger charge is -2.08. The molecule has 0 saturated heterocycles. The predicted octanol–water partition coefficient (Wildman–Crippen LogP) is 4.64. The van der Waals surface area contributed by atoms with Crippen molar-refractivity contribution < 1.29 is 14.6 Å². The van der Waals surface area contributed by atoms with Crippen LogP contribution < -0.4 is 4.74 Å². The maximum absolute atomic E-state index is 10.9. The maximum atomic E-state index is 10.9. The van der Waals surface area contributed by atoms with Gasteiger partial charge >= 0.3 is 5.97 Å². The van der Waals surface area contributed by atoms with E-state index in [0.717, 1.165) is 10.4 Å². The molecule has 0 radical (unpaired) electrons. The number of hydrogen-bond donors (Lipinski definition) is 1. The van der Waals surface area contributed by atoms with Gasteiger partial charge in [-0.1, -0.05) is 23.2 Å². The van der Waals surface area contributed by atoms with Crippen molar-refractivity contribution in [2.75, 3.05) is 0 Å². The van der Waals surface area contributed by atoms with Crippen molar-refractivity contribution in [2.24, 2.45) is 0 Å². The number of thiophene rings is 1. The Hall–Kier alpha value is -1.23. The lowest BCUT2D eigenvalue weighted by Crippen LogP contribution is -1.96. The van der Waals surface area contributed by atoms with Crippen LogP contribution in [-0.2, 0) is 6.61 Å². The molecule has 0 aliphatic heterocycles. The fourth-order valence-electron chi connectivity index (χ4n) is 1.51. The molecular formula is C13H10Cl2O3S. The van der Waals surface area contributed by atoms with E-state index in [1.807, 2.05) is 6.92 Å². The number of carbonyl (C=O) groups is 1. The van der Waals surface area contributed by atoms with Crippen LogP contribution in [0.5, 0.6) is 5.75 Å². The molecule has 0 bridgehead atoms. The van der Waals surface area contributed by atoms with Crippen LogP contribution in [0.3, 0.4) is 0 Å². The molecule has 1 aromatic carbocycles. The molecule has 0 unspecified atom stereocenters. The smallest absolute Gasteiger partial charge is 0.345 e. The summed E-state index contributed by atoms with van der Waals surface area (Å²) in [6, 6.07) is 6.57. The van der Waals surface area contributed by atoms with Gasteiger partial charge in [0.2, 0.25) is 0 Å². The molecule has 100 valence electrons. The standard InChI is InChI=1S/C13H10Cl2O3S/c1-7-8(4-12(19-7)13(16)17)6-18-11-5-9(14)2-3-10(11)15/h2-5H,6H2,1H3,(H,16,17). The highest BCUT2D eigenvalue weighted by molar-refractivity contribution is 7.14. The Kier molecular flexibility index (Phi) is 4.34. The number of carboxylic acids is 1. The van der Waals surface area contributed by atoms with E-state index >= 15 is 0 Å². The molecule has 0 atom stereocenters. The third-order valence-electron chi connectivity index (χ3n) is 2.51. The summed E-state index contributed by atoms with van der Waals surface area (Å²) in [6.07, 6.45) is 0. The van der Waals surface area contributed by atoms with Crippen LogP contribution in [0.1, 0.15) is 20.1 Å². The van der Waals surface area contributed by atoms with Gasteiger partial charge in [0.25, 0.3) is 0 Å². The van der Waals surface area contributed by atoms with E-state index in [2.05, 4.69) is 0 Å². The minimum Gasteiger partial charge on any atom is -0.487 e. The third kappa shape index (κ3) is 3.41. The van der Waals surface area contributed by atoms with Crippen molar-refractivity contribution in [3.05, 3.63) is 49.6 Å². The van der Waals surface area contributed by atoms with Gasteiger partial charge in [0.1, 0.15) is 17.2 Å². The Morgan fingerprint density at radius 1 is 1.37 bits per heavy atom. The fraction of sp³-hybridized carbons (Fsp3) is 0.154. The number of ether oxygens (including phenoxy) is 1. The van der Waals surface area contributed by atoms with Crippen LogP contribution in [0, 0.1) is 6.92 Å². The Morgan fingerprint density at radius 2 is 2.11 bits per heavy atom. The second kappa shape index (κ2) is 5.82. The third-order valence-corrected chi connectivity index (χ3v) is 4.14. The van der Waals surface area contributed by atoms with Gasteiger partial charge < -0.3 is 9.84 Å². The Bertz CT molecular complexity index is 622. The average molecular weight is 317 g/mol. The van der Waals surface area contributed by atoms with Crippen molar-refractivity contribution >= 4 is 40.5 Å². The van der Waals surface area contributed by atoms with Crippen LogP contribution in [0.4, 0.5) is 0 Å². The Morgan fingerprint density at radius 3 is 2.74 bits per heavy atom. The molecule has 2 rings (SSSR count). The van der Waals surface area contributed by atoms with E-state index in [1.54, 1.807) is 24.3 Å². The van der Waals surface area contributed by atoms with Gasteiger partial charge in [0.15, 0.2) is 0 Å². The Balaban J connectivity index is 2.14. The first-order chi connectivity index (χ1) is 8.97. The summed E-state index contributed by atoms with van der Waals surface area (Å²) >= 11 is 13.1. The second-order valence-corrected chi connectivity index (χ2v) is 5.96. The van der Waals surface area contributed by atoms with E-state index in [1.165, 1.54) is 11.3 Å². The molecule has 0 aliphatic rings. The molecule has 0 saturated carbocycles. The van der Waals surface area contributed by atoms with Crippen LogP contribution >= 0.6 is 34.5 Å². The molecule has 1 heterocycles. The lowest BCUT2D eigenvalue weighted by atomic mass is 10.2. The molecular weight excluding hydrogens is 307 g/mol. The van der Waals surface area contributed by atoms with E-state index < -0.39 is 5.97 Å². The highest BCUT2D eigenvalue weighted by Gasteiger charge is 2.12. The molecule has 1 N–H and O–H groups in total. The summed E-state index contributed by atoms with van der Waals surface area (Å²) in [6.45, 7) is 2.12. The zero-order chi connectivity index (χ0) is 14.0. The minimum absolute atomic E-state index is 0.260. The number of benzene rings is 1. The first kappa shape index (κ1) is 14.2. The number of hydrogen-bond acceptors (Lipinski definition) is 3. The van der Waals surface area contributed by atoms with Gasteiger partial charge in [-0.3, -0.25) is 0 Å². The summed E-state index contributed by atoms with van der Waals surface area (Å²) in [5.41, 5.74) is 0.832. The lowest BCUT2D eigenvalue weighted by molar-refractivity contribution is 0.0702. The molecule has 1 aromatic heterocycles. The zero-order valence-electron chi connectivity index (χ0n) is 9.94. The number of aromatic carboxylic acids is 1. The van der Waals surface area contributed by atoms with E-state index in [-0.39, 0.29) is 6.61 Å². The van der Waals surface area contributed by atoms with Gasteiger partial charge in [-0.05, 0) is 25.1 Å². The van der Waals surface area contributed by atoms with Gasteiger partial charge in [-0.25, -0.2) is 4.79 Å².